The summed E-state index contributed by atoms with van der Waals surface area (Å²) in [7, 11) is 2.15. The fourth-order valence-corrected chi connectivity index (χ4v) is 3.15. The zero-order valence-electron chi connectivity index (χ0n) is 9.63. The molecule has 1 heterocycles. The second-order valence-electron chi connectivity index (χ2n) is 4.36. The molecule has 1 nitrogen and oxygen atoms in total. The first-order valence-corrected chi connectivity index (χ1v) is 6.06. The summed E-state index contributed by atoms with van der Waals surface area (Å²) < 4.78 is 3.50. The summed E-state index contributed by atoms with van der Waals surface area (Å²) in [4.78, 5) is 0. The molecule has 0 aliphatic carbocycles. The maximum absolute atomic E-state index is 3.63. The molecule has 80 valence electrons. The van der Waals surface area contributed by atoms with Gasteiger partial charge in [-0.05, 0) is 30.5 Å². The lowest BCUT2D eigenvalue weighted by molar-refractivity contribution is 0.748. The van der Waals surface area contributed by atoms with Gasteiger partial charge in [-0.25, -0.2) is 0 Å². The van der Waals surface area contributed by atoms with Crippen molar-refractivity contribution in [1.82, 2.24) is 4.57 Å². The van der Waals surface area contributed by atoms with Crippen molar-refractivity contribution in [3.05, 3.63) is 33.9 Å². The van der Waals surface area contributed by atoms with Crippen LogP contribution in [0.3, 0.4) is 0 Å². The average Bonchev–Trinajstić information content (AvgIpc) is 2.40. The van der Waals surface area contributed by atoms with Gasteiger partial charge in [0.25, 0.3) is 0 Å². The summed E-state index contributed by atoms with van der Waals surface area (Å²) in [6, 6.07) is 6.38. The third-order valence-electron chi connectivity index (χ3n) is 3.02. The summed E-state index contributed by atoms with van der Waals surface area (Å²) in [6.07, 6.45) is 0. The molecule has 0 aliphatic heterocycles. The number of halogens is 1. The van der Waals surface area contributed by atoms with Crippen molar-refractivity contribution in [2.75, 3.05) is 0 Å². The number of nitrogens with zero attached hydrogens (tertiary/aromatic N) is 1. The maximum atomic E-state index is 3.63. The molecule has 2 aromatic rings. The minimum absolute atomic E-state index is 0.564. The normalized spacial score (nSPS) is 11.6. The van der Waals surface area contributed by atoms with E-state index in [4.69, 9.17) is 0 Å². The molecule has 1 aromatic heterocycles. The number of benzene rings is 1. The minimum Gasteiger partial charge on any atom is -0.347 e. The van der Waals surface area contributed by atoms with Gasteiger partial charge in [0.2, 0.25) is 0 Å². The van der Waals surface area contributed by atoms with Gasteiger partial charge in [-0.1, -0.05) is 35.8 Å². The van der Waals surface area contributed by atoms with E-state index in [2.05, 4.69) is 66.5 Å². The van der Waals surface area contributed by atoms with Crippen molar-refractivity contribution in [2.45, 2.75) is 26.7 Å². The Hall–Kier alpha value is -0.760. The molecule has 2 heteroatoms. The van der Waals surface area contributed by atoms with Gasteiger partial charge in [0.05, 0.1) is 0 Å². The highest BCUT2D eigenvalue weighted by atomic mass is 79.9. The monoisotopic (exact) mass is 265 g/mol. The number of aromatic nitrogens is 1. The second kappa shape index (κ2) is 3.67. The van der Waals surface area contributed by atoms with E-state index >= 15 is 0 Å². The fourth-order valence-electron chi connectivity index (χ4n) is 2.49. The highest BCUT2D eigenvalue weighted by Crippen LogP contribution is 2.33. The molecule has 0 bridgehead atoms. The predicted molar refractivity (Wildman–Crippen MR) is 69.4 cm³/mol. The highest BCUT2D eigenvalue weighted by molar-refractivity contribution is 9.10. The van der Waals surface area contributed by atoms with Gasteiger partial charge in [-0.2, -0.15) is 0 Å². The van der Waals surface area contributed by atoms with Gasteiger partial charge in [-0.15, -0.1) is 0 Å². The molecule has 0 N–H and O–H groups in total. The number of aryl methyl sites for hydroxylation is 2. The SMILES string of the molecule is Cc1c(C(C)C)n(C)c2cccc(Br)c12. The minimum atomic E-state index is 0.564. The summed E-state index contributed by atoms with van der Waals surface area (Å²) in [6.45, 7) is 6.70. The van der Waals surface area contributed by atoms with Crippen LogP contribution in [0, 0.1) is 6.92 Å². The van der Waals surface area contributed by atoms with E-state index in [9.17, 15) is 0 Å². The summed E-state index contributed by atoms with van der Waals surface area (Å²) >= 11 is 3.63. The molecule has 0 fully saturated rings. The maximum Gasteiger partial charge on any atom is 0.0494 e. The van der Waals surface area contributed by atoms with Crippen LogP contribution in [-0.4, -0.2) is 4.57 Å². The van der Waals surface area contributed by atoms with E-state index in [1.807, 2.05) is 0 Å². The fraction of sp³-hybridized carbons (Fsp3) is 0.385. The van der Waals surface area contributed by atoms with E-state index < -0.39 is 0 Å². The first kappa shape index (κ1) is 10.7. The van der Waals surface area contributed by atoms with E-state index in [0.29, 0.717) is 5.92 Å². The van der Waals surface area contributed by atoms with Gasteiger partial charge < -0.3 is 4.57 Å². The molecule has 0 spiro atoms. The van der Waals surface area contributed by atoms with Crippen LogP contribution in [-0.2, 0) is 7.05 Å². The Balaban J connectivity index is 2.92. The average molecular weight is 266 g/mol. The highest BCUT2D eigenvalue weighted by Gasteiger charge is 2.15. The van der Waals surface area contributed by atoms with Crippen LogP contribution in [0.25, 0.3) is 10.9 Å². The van der Waals surface area contributed by atoms with Gasteiger partial charge >= 0.3 is 0 Å². The van der Waals surface area contributed by atoms with Crippen LogP contribution in [0.4, 0.5) is 0 Å². The molecule has 0 unspecified atom stereocenters. The molecular formula is C13H16BrN. The molecule has 0 amide bonds. The Morgan fingerprint density at radius 2 is 1.93 bits per heavy atom. The summed E-state index contributed by atoms with van der Waals surface area (Å²) in [5.74, 6) is 0.564. The number of hydrogen-bond acceptors (Lipinski definition) is 0. The van der Waals surface area contributed by atoms with Crippen molar-refractivity contribution in [3.8, 4) is 0 Å². The number of rotatable bonds is 1. The van der Waals surface area contributed by atoms with Crippen molar-refractivity contribution in [3.63, 3.8) is 0 Å². The van der Waals surface area contributed by atoms with Crippen molar-refractivity contribution < 1.29 is 0 Å². The van der Waals surface area contributed by atoms with Crippen LogP contribution in [0.2, 0.25) is 0 Å². The van der Waals surface area contributed by atoms with Crippen LogP contribution >= 0.6 is 15.9 Å². The molecule has 2 rings (SSSR count). The van der Waals surface area contributed by atoms with Crippen LogP contribution in [0.5, 0.6) is 0 Å². The van der Waals surface area contributed by atoms with E-state index in [0.717, 1.165) is 0 Å². The van der Waals surface area contributed by atoms with E-state index in [-0.39, 0.29) is 0 Å². The largest absolute Gasteiger partial charge is 0.347 e. The Morgan fingerprint density at radius 1 is 1.27 bits per heavy atom. The zero-order valence-corrected chi connectivity index (χ0v) is 11.2. The van der Waals surface area contributed by atoms with Crippen LogP contribution < -0.4 is 0 Å². The third-order valence-corrected chi connectivity index (χ3v) is 3.68. The second-order valence-corrected chi connectivity index (χ2v) is 5.21. The lowest BCUT2D eigenvalue weighted by atomic mass is 10.1. The summed E-state index contributed by atoms with van der Waals surface area (Å²) in [5.41, 5.74) is 4.14. The number of hydrogen-bond donors (Lipinski definition) is 0. The smallest absolute Gasteiger partial charge is 0.0494 e. The van der Waals surface area contributed by atoms with Crippen molar-refractivity contribution >= 4 is 26.8 Å². The first-order chi connectivity index (χ1) is 7.04. The Kier molecular flexibility index (Phi) is 2.63. The van der Waals surface area contributed by atoms with Gasteiger partial charge in [0, 0.05) is 28.1 Å². The van der Waals surface area contributed by atoms with E-state index in [1.54, 1.807) is 0 Å². The molecule has 15 heavy (non-hydrogen) atoms. The quantitative estimate of drug-likeness (QED) is 0.722. The van der Waals surface area contributed by atoms with Crippen molar-refractivity contribution in [2.24, 2.45) is 7.05 Å². The third kappa shape index (κ3) is 1.51. The molecule has 0 saturated heterocycles. The number of fused-ring (bicyclic) bond motifs is 1. The Bertz CT molecular complexity index is 509. The molecule has 1 aromatic carbocycles. The summed E-state index contributed by atoms with van der Waals surface area (Å²) in [5, 5.41) is 1.35. The zero-order chi connectivity index (χ0) is 11.2. The molecule has 0 atom stereocenters. The molecule has 0 saturated carbocycles. The standard InChI is InChI=1S/C13H16BrN/c1-8(2)13-9(3)12-10(14)6-5-7-11(12)15(13)4/h5-8H,1-4H3. The lowest BCUT2D eigenvalue weighted by Crippen LogP contribution is -1.99. The topological polar surface area (TPSA) is 4.93 Å². The van der Waals surface area contributed by atoms with Crippen molar-refractivity contribution in [1.29, 1.82) is 0 Å². The molecule has 0 aliphatic rings. The molecular weight excluding hydrogens is 250 g/mol. The van der Waals surface area contributed by atoms with Gasteiger partial charge in [-0.3, -0.25) is 0 Å². The van der Waals surface area contributed by atoms with E-state index in [1.165, 1.54) is 26.6 Å². The van der Waals surface area contributed by atoms with Gasteiger partial charge in [0.15, 0.2) is 0 Å². The predicted octanol–water partition coefficient (Wildman–Crippen LogP) is 4.37. The first-order valence-electron chi connectivity index (χ1n) is 5.27. The lowest BCUT2D eigenvalue weighted by Gasteiger charge is -2.08. The van der Waals surface area contributed by atoms with Crippen LogP contribution in [0.15, 0.2) is 22.7 Å². The van der Waals surface area contributed by atoms with Gasteiger partial charge in [0.1, 0.15) is 0 Å². The van der Waals surface area contributed by atoms with Crippen LogP contribution in [0.1, 0.15) is 31.0 Å². The molecule has 0 radical (unpaired) electrons. The Morgan fingerprint density at radius 3 is 2.47 bits per heavy atom. The Labute approximate surface area is 99.2 Å².